The molecule has 3 N–H and O–H groups in total. The van der Waals surface area contributed by atoms with Crippen LogP contribution in [-0.2, 0) is 20.1 Å². The summed E-state index contributed by atoms with van der Waals surface area (Å²) in [6.45, 7) is 5.69. The van der Waals surface area contributed by atoms with Crippen LogP contribution in [0.25, 0.3) is 10.9 Å². The first kappa shape index (κ1) is 19.0. The van der Waals surface area contributed by atoms with E-state index >= 15 is 0 Å². The lowest BCUT2D eigenvalue weighted by Gasteiger charge is -2.48. The molecule has 1 aliphatic rings. The Morgan fingerprint density at radius 2 is 2.00 bits per heavy atom. The van der Waals surface area contributed by atoms with E-state index in [1.165, 1.54) is 11.7 Å². The summed E-state index contributed by atoms with van der Waals surface area (Å²) in [5, 5.41) is 3.31. The molecule has 8 heteroatoms. The molecule has 8 nitrogen and oxygen atoms in total. The number of carbonyl (C=O) groups is 2. The highest BCUT2D eigenvalue weighted by molar-refractivity contribution is 5.85. The van der Waals surface area contributed by atoms with E-state index in [0.29, 0.717) is 16.7 Å². The largest absolute Gasteiger partial charge is 0.370 e. The molecular weight excluding hydrogens is 348 g/mol. The summed E-state index contributed by atoms with van der Waals surface area (Å²) in [5.74, 6) is -0.625. The molecule has 0 saturated heterocycles. The van der Waals surface area contributed by atoms with Crippen molar-refractivity contribution in [3.05, 3.63) is 40.4 Å². The first-order chi connectivity index (χ1) is 12.6. The normalized spacial score (nSPS) is 22.4. The lowest BCUT2D eigenvalue weighted by Crippen LogP contribution is -2.64. The maximum absolute atomic E-state index is 13.3. The van der Waals surface area contributed by atoms with Crippen LogP contribution in [0.5, 0.6) is 0 Å². The molecule has 144 valence electrons. The summed E-state index contributed by atoms with van der Waals surface area (Å²) in [7, 11) is 1.47. The summed E-state index contributed by atoms with van der Waals surface area (Å²) in [4.78, 5) is 42.2. The molecular formula is C19H24N4O4. The average molecular weight is 372 g/mol. The van der Waals surface area contributed by atoms with Crippen LogP contribution in [-0.4, -0.2) is 28.5 Å². The summed E-state index contributed by atoms with van der Waals surface area (Å²) in [6.07, 6.45) is 0.0876. The molecule has 2 amide bonds. The minimum Gasteiger partial charge on any atom is -0.370 e. The zero-order valence-electron chi connectivity index (χ0n) is 15.9. The Kier molecular flexibility index (Phi) is 4.55. The van der Waals surface area contributed by atoms with Gasteiger partial charge in [-0.1, -0.05) is 32.9 Å². The fourth-order valence-corrected chi connectivity index (χ4v) is 3.62. The van der Waals surface area contributed by atoms with Crippen LogP contribution in [0.3, 0.4) is 0 Å². The van der Waals surface area contributed by atoms with Crippen molar-refractivity contribution in [1.29, 1.82) is 0 Å². The van der Waals surface area contributed by atoms with Gasteiger partial charge in [-0.25, -0.2) is 4.98 Å². The Bertz CT molecular complexity index is 976. The minimum absolute atomic E-state index is 0.0215. The number of rotatable bonds is 4. The van der Waals surface area contributed by atoms with Gasteiger partial charge in [-0.15, -0.1) is 0 Å². The fraction of sp³-hybridized carbons (Fsp3) is 0.474. The number of para-hydroxylation sites is 1. The quantitative estimate of drug-likeness (QED) is 0.836. The van der Waals surface area contributed by atoms with Gasteiger partial charge in [0.2, 0.25) is 17.5 Å². The standard InChI is InChI=1S/C19H24N4O4/c1-18(2,3)19(27-4)17-21-12-8-6-5-7-11(12)16(26)23(17)13(15(25)22-19)9-10-14(20)24/h5-8,13H,9-10H2,1-4H3,(H2,20,24)(H,22,25)/t13-,19-/m0/s1. The first-order valence-electron chi connectivity index (χ1n) is 8.79. The molecule has 1 aromatic carbocycles. The Morgan fingerprint density at radius 3 is 2.59 bits per heavy atom. The summed E-state index contributed by atoms with van der Waals surface area (Å²) in [5.41, 5.74) is 3.53. The zero-order valence-corrected chi connectivity index (χ0v) is 15.9. The van der Waals surface area contributed by atoms with Gasteiger partial charge in [-0.3, -0.25) is 19.0 Å². The fourth-order valence-electron chi connectivity index (χ4n) is 3.62. The van der Waals surface area contributed by atoms with Gasteiger partial charge in [0.25, 0.3) is 5.56 Å². The van der Waals surface area contributed by atoms with E-state index in [9.17, 15) is 14.4 Å². The smallest absolute Gasteiger partial charge is 0.262 e. The van der Waals surface area contributed by atoms with Crippen molar-refractivity contribution in [2.45, 2.75) is 45.4 Å². The maximum atomic E-state index is 13.3. The summed E-state index contributed by atoms with van der Waals surface area (Å²) < 4.78 is 7.13. The Hall–Kier alpha value is -2.74. The predicted octanol–water partition coefficient (Wildman–Crippen LogP) is 1.18. The van der Waals surface area contributed by atoms with E-state index in [-0.39, 0.29) is 18.4 Å². The van der Waals surface area contributed by atoms with Gasteiger partial charge in [0.15, 0.2) is 5.82 Å². The molecule has 1 aliphatic heterocycles. The second kappa shape index (κ2) is 6.45. The molecule has 0 aliphatic carbocycles. The number of primary amides is 1. The van der Waals surface area contributed by atoms with Crippen LogP contribution >= 0.6 is 0 Å². The van der Waals surface area contributed by atoms with E-state index in [4.69, 9.17) is 10.5 Å². The van der Waals surface area contributed by atoms with Gasteiger partial charge in [0, 0.05) is 18.9 Å². The van der Waals surface area contributed by atoms with E-state index in [1.807, 2.05) is 20.8 Å². The van der Waals surface area contributed by atoms with Crippen molar-refractivity contribution in [2.24, 2.45) is 11.1 Å². The molecule has 0 bridgehead atoms. The third kappa shape index (κ3) is 2.90. The van der Waals surface area contributed by atoms with Crippen molar-refractivity contribution >= 4 is 22.7 Å². The monoisotopic (exact) mass is 372 g/mol. The number of nitrogens with one attached hydrogen (secondary N) is 1. The molecule has 2 atom stereocenters. The van der Waals surface area contributed by atoms with E-state index in [1.54, 1.807) is 24.3 Å². The SMILES string of the molecule is CO[C@@]1(C(C)(C)C)NC(=O)[C@H](CCC(N)=O)n2c1nc1ccccc1c2=O. The number of carbonyl (C=O) groups excluding carboxylic acids is 2. The van der Waals surface area contributed by atoms with Crippen LogP contribution in [0, 0.1) is 5.41 Å². The second-order valence-corrected chi connectivity index (χ2v) is 7.77. The van der Waals surface area contributed by atoms with E-state index in [0.717, 1.165) is 0 Å². The highest BCUT2D eigenvalue weighted by atomic mass is 16.5. The van der Waals surface area contributed by atoms with Crippen LogP contribution in [0.4, 0.5) is 0 Å². The van der Waals surface area contributed by atoms with Gasteiger partial charge < -0.3 is 15.8 Å². The van der Waals surface area contributed by atoms with Crippen LogP contribution in [0.2, 0.25) is 0 Å². The van der Waals surface area contributed by atoms with Gasteiger partial charge in [-0.05, 0) is 18.6 Å². The molecule has 3 rings (SSSR count). The third-order valence-electron chi connectivity index (χ3n) is 5.06. The van der Waals surface area contributed by atoms with Crippen LogP contribution < -0.4 is 16.6 Å². The number of amides is 2. The lowest BCUT2D eigenvalue weighted by molar-refractivity contribution is -0.167. The molecule has 2 heterocycles. The molecule has 0 unspecified atom stereocenters. The molecule has 0 saturated carbocycles. The second-order valence-electron chi connectivity index (χ2n) is 7.77. The van der Waals surface area contributed by atoms with E-state index in [2.05, 4.69) is 10.3 Å². The Balaban J connectivity index is 2.36. The van der Waals surface area contributed by atoms with Gasteiger partial charge in [-0.2, -0.15) is 0 Å². The highest BCUT2D eigenvalue weighted by Crippen LogP contribution is 2.42. The average Bonchev–Trinajstić information content (AvgIpc) is 2.59. The highest BCUT2D eigenvalue weighted by Gasteiger charge is 2.53. The lowest BCUT2D eigenvalue weighted by atomic mass is 9.80. The van der Waals surface area contributed by atoms with E-state index < -0.39 is 29.0 Å². The first-order valence-corrected chi connectivity index (χ1v) is 8.79. The number of hydrogen-bond acceptors (Lipinski definition) is 5. The number of ether oxygens (including phenoxy) is 1. The topological polar surface area (TPSA) is 116 Å². The third-order valence-corrected chi connectivity index (χ3v) is 5.06. The number of aromatic nitrogens is 2. The van der Waals surface area contributed by atoms with Crippen LogP contribution in [0.15, 0.2) is 29.1 Å². The van der Waals surface area contributed by atoms with Crippen molar-refractivity contribution in [1.82, 2.24) is 14.9 Å². The molecule has 1 aromatic heterocycles. The van der Waals surface area contributed by atoms with Crippen LogP contribution in [0.1, 0.15) is 45.5 Å². The zero-order chi connectivity index (χ0) is 20.0. The molecule has 2 aromatic rings. The van der Waals surface area contributed by atoms with Crippen molar-refractivity contribution in [3.8, 4) is 0 Å². The van der Waals surface area contributed by atoms with Gasteiger partial charge >= 0.3 is 0 Å². The number of benzene rings is 1. The van der Waals surface area contributed by atoms with Crippen molar-refractivity contribution in [2.75, 3.05) is 7.11 Å². The number of nitrogens with two attached hydrogens (primary N) is 1. The summed E-state index contributed by atoms with van der Waals surface area (Å²) in [6, 6.07) is 6.07. The van der Waals surface area contributed by atoms with Crippen molar-refractivity contribution in [3.63, 3.8) is 0 Å². The summed E-state index contributed by atoms with van der Waals surface area (Å²) >= 11 is 0. The van der Waals surface area contributed by atoms with Crippen molar-refractivity contribution < 1.29 is 14.3 Å². The number of nitrogens with zero attached hydrogens (tertiary/aromatic N) is 2. The molecule has 0 spiro atoms. The Labute approximate surface area is 156 Å². The predicted molar refractivity (Wildman–Crippen MR) is 99.8 cm³/mol. The number of hydrogen-bond donors (Lipinski definition) is 2. The molecule has 0 fully saturated rings. The maximum Gasteiger partial charge on any atom is 0.262 e. The minimum atomic E-state index is -1.30. The number of methoxy groups -OCH3 is 1. The number of fused-ring (bicyclic) bond motifs is 2. The van der Waals surface area contributed by atoms with Gasteiger partial charge in [0.1, 0.15) is 6.04 Å². The molecule has 0 radical (unpaired) electrons. The molecule has 27 heavy (non-hydrogen) atoms. The van der Waals surface area contributed by atoms with Gasteiger partial charge in [0.05, 0.1) is 10.9 Å². The Morgan fingerprint density at radius 1 is 1.33 bits per heavy atom.